The quantitative estimate of drug-likeness (QED) is 0.217. The molecule has 2 aromatic rings. The molecule has 46 heavy (non-hydrogen) atoms. The van der Waals surface area contributed by atoms with Gasteiger partial charge in [0, 0.05) is 88.4 Å². The highest BCUT2D eigenvalue weighted by atomic mass is 16.2. The van der Waals surface area contributed by atoms with Gasteiger partial charge in [0.1, 0.15) is 5.82 Å². The SMILES string of the molecule is C#CCCCCN1CCN(CCCC(=O)N2CCc3c(nc(C)n3C(C)CC3CCC(C)N3CCC(N)c3ccccc3)C2)CC1. The summed E-state index contributed by atoms with van der Waals surface area (Å²) >= 11 is 0. The summed E-state index contributed by atoms with van der Waals surface area (Å²) in [5, 5.41) is 0. The fourth-order valence-electron chi connectivity index (χ4n) is 8.18. The van der Waals surface area contributed by atoms with Crippen molar-refractivity contribution in [2.45, 2.75) is 116 Å². The molecule has 0 aliphatic carbocycles. The van der Waals surface area contributed by atoms with E-state index >= 15 is 0 Å². The van der Waals surface area contributed by atoms with Crippen LogP contribution in [-0.4, -0.2) is 99.5 Å². The number of carbonyl (C=O) groups is 1. The number of piperazine rings is 1. The van der Waals surface area contributed by atoms with Gasteiger partial charge in [-0.15, -0.1) is 12.3 Å². The average molecular weight is 630 g/mol. The van der Waals surface area contributed by atoms with Crippen LogP contribution in [-0.2, 0) is 17.8 Å². The Bertz CT molecular complexity index is 1280. The first kappa shape index (κ1) is 34.6. The Morgan fingerprint density at radius 3 is 2.46 bits per heavy atom. The Balaban J connectivity index is 1.06. The van der Waals surface area contributed by atoms with E-state index in [1.165, 1.54) is 30.5 Å². The van der Waals surface area contributed by atoms with Crippen molar-refractivity contribution in [2.75, 3.05) is 52.4 Å². The topological polar surface area (TPSA) is 73.9 Å². The molecule has 1 aromatic heterocycles. The summed E-state index contributed by atoms with van der Waals surface area (Å²) in [4.78, 5) is 28.1. The van der Waals surface area contributed by atoms with Crippen LogP contribution in [0.25, 0.3) is 0 Å². The minimum absolute atomic E-state index is 0.0800. The Labute approximate surface area is 278 Å². The van der Waals surface area contributed by atoms with E-state index < -0.39 is 0 Å². The highest BCUT2D eigenvalue weighted by Gasteiger charge is 2.34. The lowest BCUT2D eigenvalue weighted by Crippen LogP contribution is -2.46. The molecular formula is C38H59N7O. The Morgan fingerprint density at radius 2 is 1.74 bits per heavy atom. The number of carbonyl (C=O) groups excluding carboxylic acids is 1. The molecule has 1 aromatic carbocycles. The van der Waals surface area contributed by atoms with Gasteiger partial charge in [-0.05, 0) is 84.4 Å². The van der Waals surface area contributed by atoms with Gasteiger partial charge in [-0.2, -0.15) is 0 Å². The number of unbranched alkanes of at least 4 members (excludes halogenated alkanes) is 2. The molecule has 0 bridgehead atoms. The first-order chi connectivity index (χ1) is 22.3. The van der Waals surface area contributed by atoms with Gasteiger partial charge in [0.25, 0.3) is 0 Å². The maximum Gasteiger partial charge on any atom is 0.222 e. The predicted octanol–water partition coefficient (Wildman–Crippen LogP) is 5.17. The van der Waals surface area contributed by atoms with Crippen molar-refractivity contribution in [3.63, 3.8) is 0 Å². The molecule has 4 unspecified atom stereocenters. The van der Waals surface area contributed by atoms with Gasteiger partial charge in [0.2, 0.25) is 5.91 Å². The van der Waals surface area contributed by atoms with Gasteiger partial charge in [-0.25, -0.2) is 4.98 Å². The van der Waals surface area contributed by atoms with Crippen LogP contribution in [0.15, 0.2) is 30.3 Å². The van der Waals surface area contributed by atoms with Crippen LogP contribution in [0.5, 0.6) is 0 Å². The second-order valence-corrected chi connectivity index (χ2v) is 14.1. The van der Waals surface area contributed by atoms with Gasteiger partial charge >= 0.3 is 0 Å². The van der Waals surface area contributed by atoms with Crippen molar-refractivity contribution < 1.29 is 4.79 Å². The number of benzene rings is 1. The van der Waals surface area contributed by atoms with E-state index in [0.717, 1.165) is 102 Å². The summed E-state index contributed by atoms with van der Waals surface area (Å²) in [5.41, 5.74) is 10.3. The highest BCUT2D eigenvalue weighted by molar-refractivity contribution is 5.76. The number of nitrogens with two attached hydrogens (primary N) is 1. The summed E-state index contributed by atoms with van der Waals surface area (Å²) in [6.45, 7) is 16.0. The molecule has 252 valence electrons. The summed E-state index contributed by atoms with van der Waals surface area (Å²) in [6, 6.07) is 12.1. The number of aryl methyl sites for hydroxylation is 1. The summed E-state index contributed by atoms with van der Waals surface area (Å²) in [5.74, 6) is 4.11. The summed E-state index contributed by atoms with van der Waals surface area (Å²) in [7, 11) is 0. The third-order valence-electron chi connectivity index (χ3n) is 10.9. The molecule has 0 saturated carbocycles. The third kappa shape index (κ3) is 9.01. The van der Waals surface area contributed by atoms with Crippen molar-refractivity contribution in [3.8, 4) is 12.3 Å². The number of fused-ring (bicyclic) bond motifs is 1. The van der Waals surface area contributed by atoms with Crippen molar-refractivity contribution in [1.82, 2.24) is 29.2 Å². The van der Waals surface area contributed by atoms with Gasteiger partial charge in [0.05, 0.1) is 12.2 Å². The van der Waals surface area contributed by atoms with Crippen molar-refractivity contribution in [3.05, 3.63) is 53.1 Å². The van der Waals surface area contributed by atoms with E-state index in [2.05, 4.69) is 76.3 Å². The van der Waals surface area contributed by atoms with E-state index in [1.807, 2.05) is 4.90 Å². The van der Waals surface area contributed by atoms with Gasteiger partial charge < -0.3 is 25.0 Å². The normalized spacial score (nSPS) is 22.5. The fraction of sp³-hybridized carbons (Fsp3) is 0.684. The maximum absolute atomic E-state index is 13.2. The molecule has 4 heterocycles. The Morgan fingerprint density at radius 1 is 1.02 bits per heavy atom. The Kier molecular flexibility index (Phi) is 12.7. The monoisotopic (exact) mass is 629 g/mol. The number of hydrogen-bond acceptors (Lipinski definition) is 6. The molecule has 8 heteroatoms. The van der Waals surface area contributed by atoms with Crippen molar-refractivity contribution in [2.24, 2.45) is 5.73 Å². The van der Waals surface area contributed by atoms with Crippen LogP contribution in [0.1, 0.15) is 106 Å². The van der Waals surface area contributed by atoms with E-state index in [9.17, 15) is 4.79 Å². The van der Waals surface area contributed by atoms with Crippen molar-refractivity contribution in [1.29, 1.82) is 0 Å². The predicted molar refractivity (Wildman–Crippen MR) is 187 cm³/mol. The van der Waals surface area contributed by atoms with E-state index in [0.29, 0.717) is 31.1 Å². The number of amides is 1. The standard InChI is InChI=1S/C38H59N7O/c1-5-6-7-11-20-41-24-26-42(27-25-41)21-12-15-38(46)43-22-19-37-36(29-43)40-32(4)45(37)31(3)28-34-17-16-30(2)44(34)23-18-35(39)33-13-9-8-10-14-33/h1,8-10,13-14,30-31,34-35H,6-7,11-12,15-29,39H2,2-4H3. The number of likely N-dealkylation sites (tertiary alicyclic amines) is 1. The lowest BCUT2D eigenvalue weighted by Gasteiger charge is -2.35. The number of nitrogens with zero attached hydrogens (tertiary/aromatic N) is 6. The average Bonchev–Trinajstić information content (AvgIpc) is 3.59. The zero-order valence-electron chi connectivity index (χ0n) is 28.9. The number of hydrogen-bond donors (Lipinski definition) is 1. The second kappa shape index (κ2) is 16.9. The smallest absolute Gasteiger partial charge is 0.222 e. The molecule has 2 N–H and O–H groups in total. The minimum Gasteiger partial charge on any atom is -0.336 e. The lowest BCUT2D eigenvalue weighted by atomic mass is 10.0. The molecule has 4 atom stereocenters. The molecule has 3 aliphatic rings. The molecule has 1 amide bonds. The number of terminal acetylenes is 1. The Hall–Kier alpha value is -2.70. The molecule has 2 saturated heterocycles. The van der Waals surface area contributed by atoms with Crippen LogP contribution >= 0.6 is 0 Å². The minimum atomic E-state index is 0.0800. The van der Waals surface area contributed by atoms with Gasteiger partial charge in [-0.1, -0.05) is 30.3 Å². The molecule has 0 radical (unpaired) electrons. The van der Waals surface area contributed by atoms with E-state index in [-0.39, 0.29) is 11.9 Å². The van der Waals surface area contributed by atoms with Crippen LogP contribution in [0.4, 0.5) is 0 Å². The van der Waals surface area contributed by atoms with Crippen LogP contribution in [0.3, 0.4) is 0 Å². The molecular weight excluding hydrogens is 570 g/mol. The molecule has 8 nitrogen and oxygen atoms in total. The largest absolute Gasteiger partial charge is 0.336 e. The summed E-state index contributed by atoms with van der Waals surface area (Å²) < 4.78 is 2.49. The third-order valence-corrected chi connectivity index (χ3v) is 10.9. The molecule has 3 aliphatic heterocycles. The first-order valence-electron chi connectivity index (χ1n) is 18.1. The molecule has 5 rings (SSSR count). The highest BCUT2D eigenvalue weighted by Crippen LogP contribution is 2.33. The van der Waals surface area contributed by atoms with Gasteiger partial charge in [0.15, 0.2) is 0 Å². The number of aromatic nitrogens is 2. The number of rotatable bonds is 15. The zero-order valence-corrected chi connectivity index (χ0v) is 28.9. The van der Waals surface area contributed by atoms with E-state index in [1.54, 1.807) is 0 Å². The van der Waals surface area contributed by atoms with Crippen LogP contribution in [0, 0.1) is 19.3 Å². The van der Waals surface area contributed by atoms with Crippen LogP contribution < -0.4 is 5.73 Å². The summed E-state index contributed by atoms with van der Waals surface area (Å²) in [6.07, 6.45) is 15.6. The maximum atomic E-state index is 13.2. The van der Waals surface area contributed by atoms with E-state index in [4.69, 9.17) is 17.1 Å². The van der Waals surface area contributed by atoms with Gasteiger partial charge in [-0.3, -0.25) is 9.69 Å². The van der Waals surface area contributed by atoms with Crippen molar-refractivity contribution >= 4 is 5.91 Å². The molecule has 2 fully saturated rings. The number of imidazole rings is 1. The first-order valence-corrected chi connectivity index (χ1v) is 18.1. The second-order valence-electron chi connectivity index (χ2n) is 14.1. The van der Waals surface area contributed by atoms with Crippen LogP contribution in [0.2, 0.25) is 0 Å². The molecule has 0 spiro atoms. The zero-order chi connectivity index (χ0) is 32.5. The fourth-order valence-corrected chi connectivity index (χ4v) is 8.18. The lowest BCUT2D eigenvalue weighted by molar-refractivity contribution is -0.132.